The molecule has 0 unspecified atom stereocenters. The van der Waals surface area contributed by atoms with E-state index in [9.17, 15) is 8.42 Å². The Balaban J connectivity index is 2.85. The van der Waals surface area contributed by atoms with E-state index in [1.165, 1.54) is 5.56 Å². The Labute approximate surface area is 105 Å². The van der Waals surface area contributed by atoms with E-state index in [2.05, 4.69) is 13.8 Å². The Hall–Kier alpha value is -0.830. The lowest BCUT2D eigenvalue weighted by Crippen LogP contribution is -2.08. The third kappa shape index (κ3) is 4.15. The molecule has 0 aliphatic carbocycles. The van der Waals surface area contributed by atoms with Crippen LogP contribution in [0, 0.1) is 5.92 Å². The first-order valence-corrected chi connectivity index (χ1v) is 7.60. The minimum absolute atomic E-state index is 0.205. The summed E-state index contributed by atoms with van der Waals surface area (Å²) in [6.07, 6.45) is 0.633. The molecule has 1 aromatic rings. The second-order valence-electron chi connectivity index (χ2n) is 5.00. The fourth-order valence-corrected chi connectivity index (χ4v) is 2.98. The molecule has 17 heavy (non-hydrogen) atoms. The maximum Gasteiger partial charge on any atom is 0.178 e. The molecule has 0 atom stereocenters. The van der Waals surface area contributed by atoms with Gasteiger partial charge in [0.05, 0.1) is 10.6 Å². The molecule has 95 valence electrons. The topological polar surface area (TPSA) is 34.1 Å². The van der Waals surface area contributed by atoms with Gasteiger partial charge in [0.1, 0.15) is 0 Å². The van der Waals surface area contributed by atoms with Crippen LogP contribution >= 0.6 is 0 Å². The molecule has 3 heteroatoms. The normalized spacial score (nSPS) is 12.4. The van der Waals surface area contributed by atoms with Crippen molar-refractivity contribution < 1.29 is 8.42 Å². The first-order chi connectivity index (χ1) is 7.83. The monoisotopic (exact) mass is 253 g/mol. The minimum atomic E-state index is -3.12. The van der Waals surface area contributed by atoms with E-state index in [0.717, 1.165) is 5.92 Å². The first kappa shape index (κ1) is 14.2. The molecule has 0 aromatic heterocycles. The summed E-state index contributed by atoms with van der Waals surface area (Å²) in [4.78, 5) is 0.433. The lowest BCUT2D eigenvalue weighted by atomic mass is 10.0. The van der Waals surface area contributed by atoms with Crippen LogP contribution in [-0.4, -0.2) is 14.2 Å². The summed E-state index contributed by atoms with van der Waals surface area (Å²) in [6.45, 7) is 8.10. The molecule has 2 nitrogen and oxygen atoms in total. The van der Waals surface area contributed by atoms with Crippen molar-refractivity contribution in [2.75, 3.05) is 5.75 Å². The lowest BCUT2D eigenvalue weighted by Gasteiger charge is -2.09. The SMILES string of the molecule is C[C](C)CCS(=O)(=O)c1ccc(C(C)C)cc1. The summed E-state index contributed by atoms with van der Waals surface area (Å²) in [5.41, 5.74) is 1.17. The minimum Gasteiger partial charge on any atom is -0.224 e. The first-order valence-electron chi connectivity index (χ1n) is 5.94. The molecule has 0 aliphatic rings. The van der Waals surface area contributed by atoms with E-state index in [1.807, 2.05) is 26.0 Å². The zero-order valence-electron chi connectivity index (χ0n) is 11.0. The van der Waals surface area contributed by atoms with Gasteiger partial charge in [0, 0.05) is 0 Å². The molecule has 0 N–H and O–H groups in total. The van der Waals surface area contributed by atoms with E-state index in [1.54, 1.807) is 12.1 Å². The Bertz CT molecular complexity index is 442. The van der Waals surface area contributed by atoms with Crippen molar-refractivity contribution in [1.29, 1.82) is 0 Å². The van der Waals surface area contributed by atoms with Crippen LogP contribution in [0.3, 0.4) is 0 Å². The van der Waals surface area contributed by atoms with Gasteiger partial charge < -0.3 is 0 Å². The van der Waals surface area contributed by atoms with E-state index >= 15 is 0 Å². The van der Waals surface area contributed by atoms with Gasteiger partial charge in [-0.1, -0.05) is 39.8 Å². The van der Waals surface area contributed by atoms with Crippen LogP contribution in [0.1, 0.15) is 45.6 Å². The molecule has 0 saturated heterocycles. The Morgan fingerprint density at radius 3 is 2.06 bits per heavy atom. The summed E-state index contributed by atoms with van der Waals surface area (Å²) in [5.74, 6) is 1.78. The zero-order valence-corrected chi connectivity index (χ0v) is 11.8. The lowest BCUT2D eigenvalue weighted by molar-refractivity contribution is 0.593. The fourth-order valence-electron chi connectivity index (χ4n) is 1.52. The molecule has 0 saturated carbocycles. The molecule has 0 aliphatic heterocycles. The average Bonchev–Trinajstić information content (AvgIpc) is 2.27. The van der Waals surface area contributed by atoms with Gasteiger partial charge in [0.2, 0.25) is 0 Å². The van der Waals surface area contributed by atoms with Crippen molar-refractivity contribution in [3.8, 4) is 0 Å². The van der Waals surface area contributed by atoms with Crippen LogP contribution in [0.2, 0.25) is 0 Å². The quantitative estimate of drug-likeness (QED) is 0.803. The highest BCUT2D eigenvalue weighted by Gasteiger charge is 2.15. The highest BCUT2D eigenvalue weighted by Crippen LogP contribution is 2.19. The van der Waals surface area contributed by atoms with Crippen LogP contribution < -0.4 is 0 Å². The molecule has 1 rings (SSSR count). The molecule has 0 bridgehead atoms. The molecule has 0 spiro atoms. The van der Waals surface area contributed by atoms with Gasteiger partial charge in [-0.15, -0.1) is 0 Å². The molecule has 1 radical (unpaired) electrons. The molecule has 0 amide bonds. The molecular formula is C14H21O2S. The molecule has 0 fully saturated rings. The standard InChI is InChI=1S/C14H21O2S/c1-11(2)9-10-17(15,16)14-7-5-13(6-8-14)12(3)4/h5-8,12H,9-10H2,1-4H3. The van der Waals surface area contributed by atoms with Crippen LogP contribution in [0.5, 0.6) is 0 Å². The Morgan fingerprint density at radius 2 is 1.65 bits per heavy atom. The van der Waals surface area contributed by atoms with Crippen LogP contribution in [0.25, 0.3) is 0 Å². The molecular weight excluding hydrogens is 232 g/mol. The van der Waals surface area contributed by atoms with E-state index in [-0.39, 0.29) is 5.75 Å². The van der Waals surface area contributed by atoms with Gasteiger partial charge in [-0.05, 0) is 36.0 Å². The third-order valence-electron chi connectivity index (χ3n) is 2.78. The van der Waals surface area contributed by atoms with Crippen molar-refractivity contribution in [2.24, 2.45) is 0 Å². The van der Waals surface area contributed by atoms with Crippen molar-refractivity contribution in [1.82, 2.24) is 0 Å². The summed E-state index contributed by atoms with van der Waals surface area (Å²) >= 11 is 0. The smallest absolute Gasteiger partial charge is 0.178 e. The molecule has 1 aromatic carbocycles. The number of sulfone groups is 1. The van der Waals surface area contributed by atoms with E-state index in [4.69, 9.17) is 0 Å². The largest absolute Gasteiger partial charge is 0.224 e. The van der Waals surface area contributed by atoms with Crippen molar-refractivity contribution in [3.63, 3.8) is 0 Å². The average molecular weight is 253 g/mol. The van der Waals surface area contributed by atoms with E-state index in [0.29, 0.717) is 17.2 Å². The van der Waals surface area contributed by atoms with Crippen molar-refractivity contribution >= 4 is 9.84 Å². The van der Waals surface area contributed by atoms with Crippen LogP contribution in [0.15, 0.2) is 29.2 Å². The predicted molar refractivity (Wildman–Crippen MR) is 71.8 cm³/mol. The second kappa shape index (κ2) is 5.67. The maximum atomic E-state index is 12.0. The maximum absolute atomic E-state index is 12.0. The second-order valence-corrected chi connectivity index (χ2v) is 7.11. The summed E-state index contributed by atoms with van der Waals surface area (Å²) < 4.78 is 24.0. The van der Waals surface area contributed by atoms with Gasteiger partial charge in [0.25, 0.3) is 0 Å². The summed E-state index contributed by atoms with van der Waals surface area (Å²) in [7, 11) is -3.12. The van der Waals surface area contributed by atoms with Gasteiger partial charge in [0.15, 0.2) is 9.84 Å². The Morgan fingerprint density at radius 1 is 1.12 bits per heavy atom. The highest BCUT2D eigenvalue weighted by atomic mass is 32.2. The predicted octanol–water partition coefficient (Wildman–Crippen LogP) is 3.59. The van der Waals surface area contributed by atoms with Gasteiger partial charge in [-0.25, -0.2) is 8.42 Å². The van der Waals surface area contributed by atoms with Crippen molar-refractivity contribution in [3.05, 3.63) is 35.7 Å². The summed E-state index contributed by atoms with van der Waals surface area (Å²) in [6, 6.07) is 7.24. The van der Waals surface area contributed by atoms with Gasteiger partial charge >= 0.3 is 0 Å². The number of hydrogen-bond acceptors (Lipinski definition) is 2. The van der Waals surface area contributed by atoms with Crippen LogP contribution in [0.4, 0.5) is 0 Å². The number of rotatable bonds is 5. The molecule has 0 heterocycles. The number of benzene rings is 1. The van der Waals surface area contributed by atoms with Gasteiger partial charge in [-0.3, -0.25) is 0 Å². The Kier molecular flexibility index (Phi) is 4.75. The zero-order chi connectivity index (χ0) is 13.1. The fraction of sp³-hybridized carbons (Fsp3) is 0.500. The number of hydrogen-bond donors (Lipinski definition) is 0. The summed E-state index contributed by atoms with van der Waals surface area (Å²) in [5, 5.41) is 0. The third-order valence-corrected chi connectivity index (χ3v) is 4.51. The van der Waals surface area contributed by atoms with Gasteiger partial charge in [-0.2, -0.15) is 0 Å². The van der Waals surface area contributed by atoms with E-state index < -0.39 is 9.84 Å². The van der Waals surface area contributed by atoms with Crippen molar-refractivity contribution in [2.45, 2.75) is 44.9 Å². The van der Waals surface area contributed by atoms with Crippen LogP contribution in [-0.2, 0) is 9.84 Å². The highest BCUT2D eigenvalue weighted by molar-refractivity contribution is 7.91.